The number of aryl methyl sites for hydroxylation is 2. The lowest BCUT2D eigenvalue weighted by Gasteiger charge is -2.14. The molecule has 22 heavy (non-hydrogen) atoms. The van der Waals surface area contributed by atoms with Crippen molar-refractivity contribution in [3.63, 3.8) is 0 Å². The molecule has 0 atom stereocenters. The highest BCUT2D eigenvalue weighted by Crippen LogP contribution is 2.33. The van der Waals surface area contributed by atoms with Gasteiger partial charge in [0.2, 0.25) is 6.29 Å². The normalized spacial score (nSPS) is 12.5. The summed E-state index contributed by atoms with van der Waals surface area (Å²) in [4.78, 5) is 10.8. The molecule has 0 heterocycles. The van der Waals surface area contributed by atoms with Crippen LogP contribution in [-0.2, 0) is 17.6 Å². The molecule has 0 bridgehead atoms. The maximum Gasteiger partial charge on any atom is 0.233 e. The van der Waals surface area contributed by atoms with Crippen molar-refractivity contribution < 1.29 is 4.79 Å². The minimum absolute atomic E-state index is 0.445. The van der Waals surface area contributed by atoms with Gasteiger partial charge in [0.15, 0.2) is 7.59 Å². The molecule has 1 aromatic rings. The Balaban J connectivity index is 2.71. The standard InChI is InChI=1S/C15H15Cl6O/c16-14(17,18)7-1-3-12-6-5-11(10-22)9-13(12)4-2-8-15(19,20)21/h5-6,9H,1-4,7-8H2. The Labute approximate surface area is 161 Å². The van der Waals surface area contributed by atoms with Gasteiger partial charge in [-0.15, -0.1) is 0 Å². The van der Waals surface area contributed by atoms with Gasteiger partial charge in [0.25, 0.3) is 0 Å². The van der Waals surface area contributed by atoms with Crippen LogP contribution in [0.25, 0.3) is 0 Å². The molecule has 0 saturated heterocycles. The minimum atomic E-state index is -1.26. The van der Waals surface area contributed by atoms with Crippen molar-refractivity contribution in [1.82, 2.24) is 0 Å². The number of hydrogen-bond acceptors (Lipinski definition) is 1. The van der Waals surface area contributed by atoms with E-state index < -0.39 is 7.59 Å². The van der Waals surface area contributed by atoms with Gasteiger partial charge in [-0.25, -0.2) is 0 Å². The van der Waals surface area contributed by atoms with Crippen molar-refractivity contribution in [1.29, 1.82) is 0 Å². The topological polar surface area (TPSA) is 17.1 Å². The summed E-state index contributed by atoms with van der Waals surface area (Å²) in [5.41, 5.74) is 2.66. The van der Waals surface area contributed by atoms with Crippen molar-refractivity contribution in [2.45, 2.75) is 46.1 Å². The zero-order valence-electron chi connectivity index (χ0n) is 11.7. The van der Waals surface area contributed by atoms with Gasteiger partial charge in [-0.2, -0.15) is 0 Å². The largest absolute Gasteiger partial charge is 0.285 e. The average Bonchev–Trinajstić information content (AvgIpc) is 2.37. The summed E-state index contributed by atoms with van der Waals surface area (Å²) in [6.07, 6.45) is 5.71. The summed E-state index contributed by atoms with van der Waals surface area (Å²) in [6, 6.07) is 5.45. The van der Waals surface area contributed by atoms with Gasteiger partial charge >= 0.3 is 0 Å². The molecule has 7 heteroatoms. The third kappa shape index (κ3) is 9.05. The summed E-state index contributed by atoms with van der Waals surface area (Å²) in [5, 5.41) is 0. The lowest BCUT2D eigenvalue weighted by Crippen LogP contribution is -2.05. The quantitative estimate of drug-likeness (QED) is 0.455. The van der Waals surface area contributed by atoms with Crippen LogP contribution in [0.4, 0.5) is 0 Å². The summed E-state index contributed by atoms with van der Waals surface area (Å²) < 4.78 is -2.50. The first-order valence-corrected chi connectivity index (χ1v) is 9.01. The van der Waals surface area contributed by atoms with Gasteiger partial charge in [0.1, 0.15) is 0 Å². The first-order valence-electron chi connectivity index (χ1n) is 6.74. The maximum absolute atomic E-state index is 10.8. The SMILES string of the molecule is O=[C]c1ccc(CCCC(Cl)(Cl)Cl)c(CCCC(Cl)(Cl)Cl)c1. The monoisotopic (exact) mass is 421 g/mol. The smallest absolute Gasteiger partial charge is 0.233 e. The Morgan fingerprint density at radius 1 is 0.818 bits per heavy atom. The van der Waals surface area contributed by atoms with E-state index >= 15 is 0 Å². The zero-order chi connectivity index (χ0) is 16.8. The number of rotatable bonds is 7. The average molecular weight is 424 g/mol. The molecule has 0 spiro atoms. The van der Waals surface area contributed by atoms with Crippen molar-refractivity contribution >= 4 is 75.9 Å². The first kappa shape index (κ1) is 20.7. The lowest BCUT2D eigenvalue weighted by atomic mass is 9.96. The molecule has 0 fully saturated rings. The molecule has 0 amide bonds. The van der Waals surface area contributed by atoms with E-state index in [-0.39, 0.29) is 0 Å². The Morgan fingerprint density at radius 3 is 1.77 bits per heavy atom. The number of carbonyl (C=O) groups excluding carboxylic acids is 1. The minimum Gasteiger partial charge on any atom is -0.285 e. The molecular weight excluding hydrogens is 409 g/mol. The van der Waals surface area contributed by atoms with Crippen molar-refractivity contribution in [3.05, 3.63) is 34.9 Å². The second-order valence-corrected chi connectivity index (χ2v) is 10.1. The van der Waals surface area contributed by atoms with Gasteiger partial charge in [0, 0.05) is 5.56 Å². The maximum atomic E-state index is 10.8. The molecule has 0 aliphatic carbocycles. The summed E-state index contributed by atoms with van der Waals surface area (Å²) in [7, 11) is 0. The molecule has 123 valence electrons. The third-order valence-corrected chi connectivity index (χ3v) is 4.27. The fourth-order valence-corrected chi connectivity index (χ4v) is 2.93. The van der Waals surface area contributed by atoms with E-state index in [4.69, 9.17) is 69.6 Å². The van der Waals surface area contributed by atoms with Crippen LogP contribution in [0.3, 0.4) is 0 Å². The Bertz CT molecular complexity index is 490. The zero-order valence-corrected chi connectivity index (χ0v) is 16.2. The van der Waals surface area contributed by atoms with Gasteiger partial charge in [-0.05, 0) is 55.7 Å². The predicted octanol–water partition coefficient (Wildman–Crippen LogP) is 6.53. The van der Waals surface area contributed by atoms with E-state index in [9.17, 15) is 4.79 Å². The van der Waals surface area contributed by atoms with Gasteiger partial charge in [-0.3, -0.25) is 4.79 Å². The second kappa shape index (κ2) is 9.20. The van der Waals surface area contributed by atoms with Gasteiger partial charge < -0.3 is 0 Å². The van der Waals surface area contributed by atoms with Crippen molar-refractivity contribution in [2.75, 3.05) is 0 Å². The second-order valence-electron chi connectivity index (χ2n) is 5.02. The Hall–Kier alpha value is 0.630. The molecule has 1 rings (SSSR count). The Morgan fingerprint density at radius 2 is 1.32 bits per heavy atom. The van der Waals surface area contributed by atoms with E-state index in [0.29, 0.717) is 31.2 Å². The van der Waals surface area contributed by atoms with E-state index in [2.05, 4.69) is 0 Å². The molecule has 1 aromatic carbocycles. The summed E-state index contributed by atoms with van der Waals surface area (Å²) in [5.74, 6) is 0. The van der Waals surface area contributed by atoms with Crippen LogP contribution in [0.2, 0.25) is 0 Å². The fourth-order valence-electron chi connectivity index (χ4n) is 2.12. The van der Waals surface area contributed by atoms with Crippen molar-refractivity contribution in [3.8, 4) is 0 Å². The third-order valence-electron chi connectivity index (χ3n) is 3.14. The van der Waals surface area contributed by atoms with Crippen molar-refractivity contribution in [2.24, 2.45) is 0 Å². The fraction of sp³-hybridized carbons (Fsp3) is 0.533. The number of benzene rings is 1. The molecule has 0 unspecified atom stereocenters. The molecule has 1 nitrogen and oxygen atoms in total. The molecule has 0 aliphatic heterocycles. The molecule has 0 aliphatic rings. The van der Waals surface area contributed by atoms with Crippen LogP contribution >= 0.6 is 69.6 Å². The first-order chi connectivity index (χ1) is 10.1. The highest BCUT2D eigenvalue weighted by Gasteiger charge is 2.20. The van der Waals surface area contributed by atoms with Crippen LogP contribution in [-0.4, -0.2) is 13.9 Å². The van der Waals surface area contributed by atoms with Gasteiger partial charge in [-0.1, -0.05) is 81.7 Å². The van der Waals surface area contributed by atoms with Crippen LogP contribution in [0, 0.1) is 0 Å². The highest BCUT2D eigenvalue weighted by atomic mass is 35.6. The predicted molar refractivity (Wildman–Crippen MR) is 97.7 cm³/mol. The number of hydrogen-bond donors (Lipinski definition) is 0. The summed E-state index contributed by atoms with van der Waals surface area (Å²) >= 11 is 34.5. The molecule has 0 saturated carbocycles. The highest BCUT2D eigenvalue weighted by molar-refractivity contribution is 6.67. The van der Waals surface area contributed by atoms with Crippen LogP contribution < -0.4 is 0 Å². The lowest BCUT2D eigenvalue weighted by molar-refractivity contribution is 0.562. The Kier molecular flexibility index (Phi) is 8.65. The van der Waals surface area contributed by atoms with Crippen LogP contribution in [0.15, 0.2) is 18.2 Å². The molecular formula is C15H15Cl6O. The van der Waals surface area contributed by atoms with Crippen LogP contribution in [0.1, 0.15) is 42.4 Å². The van der Waals surface area contributed by atoms with E-state index in [1.54, 1.807) is 6.07 Å². The molecule has 1 radical (unpaired) electrons. The number of halogens is 6. The van der Waals surface area contributed by atoms with E-state index in [0.717, 1.165) is 24.0 Å². The van der Waals surface area contributed by atoms with E-state index in [1.807, 2.05) is 18.4 Å². The van der Waals surface area contributed by atoms with E-state index in [1.165, 1.54) is 0 Å². The number of alkyl halides is 6. The van der Waals surface area contributed by atoms with Crippen LogP contribution in [0.5, 0.6) is 0 Å². The molecule has 0 aromatic heterocycles. The van der Waals surface area contributed by atoms with Gasteiger partial charge in [0.05, 0.1) is 0 Å². The summed E-state index contributed by atoms with van der Waals surface area (Å²) in [6.45, 7) is 0. The molecule has 0 N–H and O–H groups in total.